The van der Waals surface area contributed by atoms with E-state index >= 15 is 0 Å². The maximum Gasteiger partial charge on any atom is 0.242 e. The maximum absolute atomic E-state index is 12.3. The van der Waals surface area contributed by atoms with Crippen molar-refractivity contribution in [3.8, 4) is 5.75 Å². The maximum atomic E-state index is 12.3. The number of methoxy groups -OCH3 is 1. The molecule has 28 heavy (non-hydrogen) atoms. The molecule has 7 nitrogen and oxygen atoms in total. The average Bonchev–Trinajstić information content (AvgIpc) is 2.71. The van der Waals surface area contributed by atoms with E-state index in [2.05, 4.69) is 10.3 Å². The van der Waals surface area contributed by atoms with Crippen molar-refractivity contribution in [3.05, 3.63) is 29.8 Å². The number of hydrogen-bond donors (Lipinski definition) is 1. The quantitative estimate of drug-likeness (QED) is 0.336. The van der Waals surface area contributed by atoms with E-state index in [9.17, 15) is 4.79 Å². The van der Waals surface area contributed by atoms with E-state index in [1.807, 2.05) is 61.9 Å². The van der Waals surface area contributed by atoms with Crippen LogP contribution in [0.2, 0.25) is 0 Å². The van der Waals surface area contributed by atoms with Crippen LogP contribution in [0.15, 0.2) is 29.3 Å². The predicted molar refractivity (Wildman–Crippen MR) is 114 cm³/mol. The van der Waals surface area contributed by atoms with Crippen molar-refractivity contribution in [2.45, 2.75) is 33.8 Å². The number of amides is 1. The van der Waals surface area contributed by atoms with Crippen LogP contribution in [-0.4, -0.2) is 75.2 Å². The number of nitrogens with zero attached hydrogens (tertiary/aromatic N) is 3. The summed E-state index contributed by atoms with van der Waals surface area (Å²) in [6, 6.07) is 7.87. The van der Waals surface area contributed by atoms with Gasteiger partial charge >= 0.3 is 0 Å². The Morgan fingerprint density at radius 3 is 2.39 bits per heavy atom. The van der Waals surface area contributed by atoms with Crippen LogP contribution in [0.3, 0.4) is 0 Å². The summed E-state index contributed by atoms with van der Waals surface area (Å²) in [5, 5.41) is 3.24. The first kappa shape index (κ1) is 23.8. The Labute approximate surface area is 169 Å². The summed E-state index contributed by atoms with van der Waals surface area (Å²) in [5.74, 6) is 1.71. The number of hydrogen-bond acceptors (Lipinski definition) is 4. The summed E-state index contributed by atoms with van der Waals surface area (Å²) < 4.78 is 10.9. The number of ether oxygens (including phenoxy) is 2. The first-order valence-electron chi connectivity index (χ1n) is 10.0. The summed E-state index contributed by atoms with van der Waals surface area (Å²) in [7, 11) is 3.55. The lowest BCUT2D eigenvalue weighted by Gasteiger charge is -2.25. The zero-order valence-corrected chi connectivity index (χ0v) is 18.0. The van der Waals surface area contributed by atoms with Crippen LogP contribution >= 0.6 is 0 Å². The molecule has 0 fully saturated rings. The summed E-state index contributed by atoms with van der Waals surface area (Å²) in [5.41, 5.74) is 1.12. The van der Waals surface area contributed by atoms with Gasteiger partial charge < -0.3 is 24.6 Å². The lowest BCUT2D eigenvalue weighted by molar-refractivity contribution is -0.131. The van der Waals surface area contributed by atoms with Crippen LogP contribution in [0.25, 0.3) is 0 Å². The van der Waals surface area contributed by atoms with Gasteiger partial charge in [0.15, 0.2) is 5.96 Å². The highest BCUT2D eigenvalue weighted by atomic mass is 16.5. The molecule has 158 valence electrons. The van der Waals surface area contributed by atoms with E-state index in [-0.39, 0.29) is 5.91 Å². The van der Waals surface area contributed by atoms with Crippen LogP contribution in [0.1, 0.15) is 32.8 Å². The second kappa shape index (κ2) is 13.8. The fourth-order valence-electron chi connectivity index (χ4n) is 2.69. The molecule has 7 heteroatoms. The number of nitrogens with one attached hydrogen (secondary N) is 1. The Bertz CT molecular complexity index is 586. The Balaban J connectivity index is 2.39. The van der Waals surface area contributed by atoms with Gasteiger partial charge in [-0.3, -0.25) is 9.79 Å². The highest BCUT2D eigenvalue weighted by Gasteiger charge is 2.14. The van der Waals surface area contributed by atoms with Crippen molar-refractivity contribution in [1.29, 1.82) is 0 Å². The van der Waals surface area contributed by atoms with Crippen molar-refractivity contribution in [3.63, 3.8) is 0 Å². The van der Waals surface area contributed by atoms with Crippen molar-refractivity contribution >= 4 is 11.9 Å². The van der Waals surface area contributed by atoms with Gasteiger partial charge in [0.1, 0.15) is 5.75 Å². The number of benzene rings is 1. The molecular formula is C21H36N4O3. The van der Waals surface area contributed by atoms with Gasteiger partial charge in [-0.2, -0.15) is 0 Å². The summed E-state index contributed by atoms with van der Waals surface area (Å²) in [4.78, 5) is 20.6. The smallest absolute Gasteiger partial charge is 0.242 e. The Morgan fingerprint density at radius 1 is 1.14 bits per heavy atom. The SMILES string of the molecule is CCNC(=NCCCOCc1ccc(OC)cc1)N(C)CC(=O)N(CC)CC. The predicted octanol–water partition coefficient (Wildman–Crippen LogP) is 2.37. The van der Waals surface area contributed by atoms with Gasteiger partial charge in [-0.25, -0.2) is 0 Å². The molecule has 0 heterocycles. The third kappa shape index (κ3) is 8.61. The van der Waals surface area contributed by atoms with Crippen molar-refractivity contribution in [1.82, 2.24) is 15.1 Å². The third-order valence-electron chi connectivity index (χ3n) is 4.32. The molecule has 0 atom stereocenters. The monoisotopic (exact) mass is 392 g/mol. The van der Waals surface area contributed by atoms with Gasteiger partial charge in [0, 0.05) is 39.8 Å². The number of likely N-dealkylation sites (N-methyl/N-ethyl adjacent to an activating group) is 2. The first-order valence-corrected chi connectivity index (χ1v) is 10.0. The van der Waals surface area contributed by atoms with Crippen molar-refractivity contribution < 1.29 is 14.3 Å². The van der Waals surface area contributed by atoms with Crippen LogP contribution in [0.4, 0.5) is 0 Å². The first-order chi connectivity index (χ1) is 13.5. The molecule has 1 rings (SSSR count). The Morgan fingerprint density at radius 2 is 1.82 bits per heavy atom. The van der Waals surface area contributed by atoms with Crippen LogP contribution in [-0.2, 0) is 16.1 Å². The molecule has 0 unspecified atom stereocenters. The van der Waals surface area contributed by atoms with Gasteiger partial charge in [0.05, 0.1) is 20.3 Å². The topological polar surface area (TPSA) is 66.4 Å². The number of aliphatic imine (C=N–C) groups is 1. The fraction of sp³-hybridized carbons (Fsp3) is 0.619. The molecule has 0 aliphatic heterocycles. The van der Waals surface area contributed by atoms with E-state index < -0.39 is 0 Å². The molecular weight excluding hydrogens is 356 g/mol. The standard InChI is InChI=1S/C21H36N4O3/c1-6-22-21(24(4)16-20(26)25(7-2)8-3)23-14-9-15-28-17-18-10-12-19(27-5)13-11-18/h10-13H,6-9,14-17H2,1-5H3,(H,22,23). The zero-order chi connectivity index (χ0) is 20.8. The lowest BCUT2D eigenvalue weighted by atomic mass is 10.2. The number of carbonyl (C=O) groups excluding carboxylic acids is 1. The molecule has 0 saturated carbocycles. The van der Waals surface area contributed by atoms with Crippen molar-refractivity contribution in [2.75, 3.05) is 53.5 Å². The van der Waals surface area contributed by atoms with E-state index in [0.717, 1.165) is 43.3 Å². The number of rotatable bonds is 12. The van der Waals surface area contributed by atoms with E-state index in [1.54, 1.807) is 7.11 Å². The normalized spacial score (nSPS) is 11.2. The average molecular weight is 393 g/mol. The minimum absolute atomic E-state index is 0.112. The van der Waals surface area contributed by atoms with Crippen LogP contribution in [0.5, 0.6) is 5.75 Å². The molecule has 0 aromatic heterocycles. The Kier molecular flexibility index (Phi) is 11.7. The van der Waals surface area contributed by atoms with Crippen molar-refractivity contribution in [2.24, 2.45) is 4.99 Å². The van der Waals surface area contributed by atoms with Gasteiger partial charge in [-0.15, -0.1) is 0 Å². The largest absolute Gasteiger partial charge is 0.497 e. The zero-order valence-electron chi connectivity index (χ0n) is 18.0. The molecule has 1 aromatic carbocycles. The van der Waals surface area contributed by atoms with Gasteiger partial charge in [-0.05, 0) is 44.9 Å². The molecule has 0 spiro atoms. The Hall–Kier alpha value is -2.28. The molecule has 1 aromatic rings. The molecule has 0 aliphatic carbocycles. The van der Waals surface area contributed by atoms with E-state index in [1.165, 1.54) is 0 Å². The van der Waals surface area contributed by atoms with E-state index in [4.69, 9.17) is 9.47 Å². The second-order valence-electron chi connectivity index (χ2n) is 6.41. The molecule has 0 radical (unpaired) electrons. The molecule has 1 N–H and O–H groups in total. The molecule has 1 amide bonds. The van der Waals surface area contributed by atoms with Crippen LogP contribution < -0.4 is 10.1 Å². The lowest BCUT2D eigenvalue weighted by Crippen LogP contribution is -2.45. The summed E-state index contributed by atoms with van der Waals surface area (Å²) in [6.07, 6.45) is 0.822. The molecule has 0 aliphatic rings. The third-order valence-corrected chi connectivity index (χ3v) is 4.32. The summed E-state index contributed by atoms with van der Waals surface area (Å²) >= 11 is 0. The van der Waals surface area contributed by atoms with E-state index in [0.29, 0.717) is 26.3 Å². The number of carbonyl (C=O) groups is 1. The van der Waals surface area contributed by atoms with Crippen LogP contribution in [0, 0.1) is 0 Å². The minimum Gasteiger partial charge on any atom is -0.497 e. The fourth-order valence-corrected chi connectivity index (χ4v) is 2.69. The minimum atomic E-state index is 0.112. The molecule has 0 bridgehead atoms. The van der Waals surface area contributed by atoms with Gasteiger partial charge in [0.25, 0.3) is 0 Å². The number of guanidine groups is 1. The second-order valence-corrected chi connectivity index (χ2v) is 6.41. The molecule has 0 saturated heterocycles. The van der Waals surface area contributed by atoms with Gasteiger partial charge in [-0.1, -0.05) is 12.1 Å². The summed E-state index contributed by atoms with van der Waals surface area (Å²) in [6.45, 7) is 10.4. The highest BCUT2D eigenvalue weighted by molar-refractivity contribution is 5.86. The highest BCUT2D eigenvalue weighted by Crippen LogP contribution is 2.11. The van der Waals surface area contributed by atoms with Gasteiger partial charge in [0.2, 0.25) is 5.91 Å².